The van der Waals surface area contributed by atoms with Gasteiger partial charge in [-0.25, -0.2) is 13.8 Å². The molecule has 2 aromatic heterocycles. The Morgan fingerprint density at radius 1 is 1.30 bits per heavy atom. The predicted octanol–water partition coefficient (Wildman–Crippen LogP) is 4.29. The lowest BCUT2D eigenvalue weighted by molar-refractivity contribution is 0.406. The summed E-state index contributed by atoms with van der Waals surface area (Å²) in [6, 6.07) is 6.36. The van der Waals surface area contributed by atoms with Gasteiger partial charge in [-0.05, 0) is 36.8 Å². The summed E-state index contributed by atoms with van der Waals surface area (Å²) in [6.45, 7) is 2.63. The van der Waals surface area contributed by atoms with Crippen molar-refractivity contribution in [3.63, 3.8) is 0 Å². The Balaban J connectivity index is 1.98. The minimum atomic E-state index is -0.630. The maximum atomic E-state index is 14.4. The number of aromatic nitrogens is 2. The number of benzene rings is 1. The summed E-state index contributed by atoms with van der Waals surface area (Å²) in [7, 11) is 0. The van der Waals surface area contributed by atoms with Crippen LogP contribution in [-0.2, 0) is 11.2 Å². The van der Waals surface area contributed by atoms with E-state index in [-0.39, 0.29) is 11.7 Å². The average Bonchev–Trinajstić information content (AvgIpc) is 3.21. The van der Waals surface area contributed by atoms with E-state index in [0.29, 0.717) is 28.8 Å². The lowest BCUT2D eigenvalue weighted by Crippen LogP contribution is -2.02. The molecule has 1 fully saturated rings. The first-order valence-electron chi connectivity index (χ1n) is 7.27. The van der Waals surface area contributed by atoms with Crippen molar-refractivity contribution in [2.45, 2.75) is 19.4 Å². The fraction of sp³-hybridized carbons (Fsp3) is 0.235. The molecule has 118 valence electrons. The van der Waals surface area contributed by atoms with Crippen molar-refractivity contribution in [3.8, 4) is 11.3 Å². The summed E-state index contributed by atoms with van der Waals surface area (Å²) in [5.41, 5.74) is 2.74. The van der Waals surface area contributed by atoms with Crippen molar-refractivity contribution in [3.05, 3.63) is 57.8 Å². The van der Waals surface area contributed by atoms with Crippen molar-refractivity contribution in [1.82, 2.24) is 9.38 Å². The van der Waals surface area contributed by atoms with Crippen LogP contribution in [0.3, 0.4) is 0 Å². The maximum absolute atomic E-state index is 14.4. The standard InChI is InChI=1S/C17H13BrF2N2O/c1-9-2-3-22-14(7-11-8-23-11)17(21-15(22)4-9)16-12(19)5-10(18)6-13(16)20/h2-6,11H,7-8H2,1H3/t11-/m0/s1. The van der Waals surface area contributed by atoms with Crippen LogP contribution in [0.1, 0.15) is 11.3 Å². The number of fused-ring (bicyclic) bond motifs is 1. The van der Waals surface area contributed by atoms with Crippen LogP contribution < -0.4 is 0 Å². The molecule has 0 radical (unpaired) electrons. The van der Waals surface area contributed by atoms with E-state index in [2.05, 4.69) is 20.9 Å². The van der Waals surface area contributed by atoms with Gasteiger partial charge in [0, 0.05) is 17.1 Å². The third kappa shape index (κ3) is 2.66. The molecule has 23 heavy (non-hydrogen) atoms. The molecule has 3 nitrogen and oxygen atoms in total. The molecular weight excluding hydrogens is 366 g/mol. The molecule has 1 saturated heterocycles. The Bertz CT molecular complexity index is 895. The average molecular weight is 379 g/mol. The van der Waals surface area contributed by atoms with Gasteiger partial charge in [0.2, 0.25) is 0 Å². The minimum absolute atomic E-state index is 0.0924. The van der Waals surface area contributed by atoms with Gasteiger partial charge in [0.25, 0.3) is 0 Å². The summed E-state index contributed by atoms with van der Waals surface area (Å²) in [6.07, 6.45) is 2.55. The highest BCUT2D eigenvalue weighted by molar-refractivity contribution is 9.10. The number of ether oxygens (including phenoxy) is 1. The highest BCUT2D eigenvalue weighted by atomic mass is 79.9. The molecule has 1 aliphatic rings. The molecule has 1 atom stereocenters. The molecule has 0 spiro atoms. The number of halogens is 3. The Kier molecular flexibility index (Phi) is 3.46. The van der Waals surface area contributed by atoms with E-state index in [1.165, 1.54) is 12.1 Å². The summed E-state index contributed by atoms with van der Waals surface area (Å²) < 4.78 is 36.3. The molecule has 0 N–H and O–H groups in total. The van der Waals surface area contributed by atoms with E-state index in [9.17, 15) is 8.78 Å². The number of nitrogens with zero attached hydrogens (tertiary/aromatic N) is 2. The SMILES string of the molecule is Cc1ccn2c(C[C@H]3CO3)c(-c3c(F)cc(Br)cc3F)nc2c1. The number of pyridine rings is 1. The van der Waals surface area contributed by atoms with Crippen LogP contribution >= 0.6 is 15.9 Å². The number of hydrogen-bond donors (Lipinski definition) is 0. The monoisotopic (exact) mass is 378 g/mol. The highest BCUT2D eigenvalue weighted by Gasteiger charge is 2.28. The zero-order chi connectivity index (χ0) is 16.1. The fourth-order valence-electron chi connectivity index (χ4n) is 2.76. The smallest absolute Gasteiger partial charge is 0.137 e. The predicted molar refractivity (Wildman–Crippen MR) is 86.4 cm³/mol. The van der Waals surface area contributed by atoms with Crippen molar-refractivity contribution >= 4 is 21.6 Å². The van der Waals surface area contributed by atoms with E-state index in [0.717, 1.165) is 11.3 Å². The van der Waals surface area contributed by atoms with Crippen LogP contribution in [0.15, 0.2) is 34.9 Å². The third-order valence-corrected chi connectivity index (χ3v) is 4.41. The van der Waals surface area contributed by atoms with E-state index < -0.39 is 11.6 Å². The summed E-state index contributed by atoms with van der Waals surface area (Å²) in [5.74, 6) is -1.26. The van der Waals surface area contributed by atoms with Crippen LogP contribution in [0.5, 0.6) is 0 Å². The van der Waals surface area contributed by atoms with Gasteiger partial charge in [0.05, 0.1) is 29.7 Å². The fourth-order valence-corrected chi connectivity index (χ4v) is 3.16. The van der Waals surface area contributed by atoms with Gasteiger partial charge in [0.15, 0.2) is 0 Å². The zero-order valence-electron chi connectivity index (χ0n) is 12.3. The second kappa shape index (κ2) is 5.39. The molecule has 0 unspecified atom stereocenters. The van der Waals surface area contributed by atoms with Crippen LogP contribution in [-0.4, -0.2) is 22.1 Å². The molecule has 6 heteroatoms. The molecule has 3 aromatic rings. The topological polar surface area (TPSA) is 29.8 Å². The van der Waals surface area contributed by atoms with Crippen molar-refractivity contribution < 1.29 is 13.5 Å². The molecular formula is C17H13BrF2N2O. The number of imidazole rings is 1. The number of epoxide rings is 1. The second-order valence-corrected chi connectivity index (χ2v) is 6.66. The highest BCUT2D eigenvalue weighted by Crippen LogP contribution is 2.33. The molecule has 1 aliphatic heterocycles. The van der Waals surface area contributed by atoms with E-state index >= 15 is 0 Å². The van der Waals surface area contributed by atoms with E-state index in [4.69, 9.17) is 4.74 Å². The number of rotatable bonds is 3. The van der Waals surface area contributed by atoms with Crippen molar-refractivity contribution in [2.75, 3.05) is 6.61 Å². The van der Waals surface area contributed by atoms with Crippen LogP contribution in [0.4, 0.5) is 8.78 Å². The zero-order valence-corrected chi connectivity index (χ0v) is 13.9. The van der Waals surface area contributed by atoms with Gasteiger partial charge in [-0.2, -0.15) is 0 Å². The summed E-state index contributed by atoms with van der Waals surface area (Å²) >= 11 is 3.11. The first-order chi connectivity index (χ1) is 11.0. The number of hydrogen-bond acceptors (Lipinski definition) is 2. The normalized spacial score (nSPS) is 17.0. The summed E-state index contributed by atoms with van der Waals surface area (Å²) in [4.78, 5) is 4.49. The lowest BCUT2D eigenvalue weighted by atomic mass is 10.1. The van der Waals surface area contributed by atoms with Crippen LogP contribution in [0.25, 0.3) is 16.9 Å². The number of aryl methyl sites for hydroxylation is 1. The molecule has 4 rings (SSSR count). The lowest BCUT2D eigenvalue weighted by Gasteiger charge is -2.07. The Labute approximate surface area is 140 Å². The third-order valence-electron chi connectivity index (χ3n) is 3.95. The summed E-state index contributed by atoms with van der Waals surface area (Å²) in [5, 5.41) is 0. The first-order valence-corrected chi connectivity index (χ1v) is 8.06. The molecule has 0 aliphatic carbocycles. The molecule has 1 aromatic carbocycles. The van der Waals surface area contributed by atoms with Crippen molar-refractivity contribution in [2.24, 2.45) is 0 Å². The van der Waals surface area contributed by atoms with E-state index in [1.54, 1.807) is 0 Å². The molecule has 0 saturated carbocycles. The van der Waals surface area contributed by atoms with Crippen molar-refractivity contribution in [1.29, 1.82) is 0 Å². The maximum Gasteiger partial charge on any atom is 0.137 e. The van der Waals surface area contributed by atoms with Gasteiger partial charge in [0.1, 0.15) is 17.3 Å². The van der Waals surface area contributed by atoms with Crippen LogP contribution in [0, 0.1) is 18.6 Å². The Morgan fingerprint density at radius 2 is 2.00 bits per heavy atom. The largest absolute Gasteiger partial charge is 0.373 e. The second-order valence-electron chi connectivity index (χ2n) is 5.74. The Hall–Kier alpha value is -1.79. The molecule has 0 bridgehead atoms. The molecule has 3 heterocycles. The van der Waals surface area contributed by atoms with Gasteiger partial charge >= 0.3 is 0 Å². The quantitative estimate of drug-likeness (QED) is 0.636. The van der Waals surface area contributed by atoms with Crippen LogP contribution in [0.2, 0.25) is 0 Å². The van der Waals surface area contributed by atoms with Gasteiger partial charge in [-0.15, -0.1) is 0 Å². The van der Waals surface area contributed by atoms with Gasteiger partial charge < -0.3 is 9.14 Å². The first kappa shape index (κ1) is 14.8. The minimum Gasteiger partial charge on any atom is -0.373 e. The molecule has 0 amide bonds. The Morgan fingerprint density at radius 3 is 2.65 bits per heavy atom. The van der Waals surface area contributed by atoms with E-state index in [1.807, 2.05) is 29.7 Å². The van der Waals surface area contributed by atoms with Gasteiger partial charge in [-0.3, -0.25) is 0 Å². The van der Waals surface area contributed by atoms with Gasteiger partial charge in [-0.1, -0.05) is 15.9 Å².